The first-order valence-corrected chi connectivity index (χ1v) is 9.56. The van der Waals surface area contributed by atoms with Gasteiger partial charge in [0.15, 0.2) is 4.80 Å². The average Bonchev–Trinajstić information content (AvgIpc) is 2.99. The Kier molecular flexibility index (Phi) is 5.69. The number of aromatic nitrogens is 1. The number of hydrogen-bond acceptors (Lipinski definition) is 2. The lowest BCUT2D eigenvalue weighted by Gasteiger charge is -2.08. The van der Waals surface area contributed by atoms with Gasteiger partial charge in [0.1, 0.15) is 5.82 Å². The summed E-state index contributed by atoms with van der Waals surface area (Å²) in [7, 11) is 0. The molecule has 1 heterocycles. The third-order valence-corrected chi connectivity index (χ3v) is 5.46. The molecule has 0 spiro atoms. The Labute approximate surface area is 160 Å². The van der Waals surface area contributed by atoms with Crippen LogP contribution in [0.1, 0.15) is 29.1 Å². The van der Waals surface area contributed by atoms with Crippen molar-refractivity contribution in [2.24, 2.45) is 4.99 Å². The van der Waals surface area contributed by atoms with Crippen molar-refractivity contribution in [2.45, 2.75) is 26.8 Å². The molecule has 3 aromatic rings. The van der Waals surface area contributed by atoms with Gasteiger partial charge >= 0.3 is 0 Å². The maximum absolute atomic E-state index is 13.3. The summed E-state index contributed by atoms with van der Waals surface area (Å²) in [6.07, 6.45) is 0.804. The summed E-state index contributed by atoms with van der Waals surface area (Å²) in [5, 5.41) is 0.502. The van der Waals surface area contributed by atoms with E-state index in [0.717, 1.165) is 22.6 Å². The van der Waals surface area contributed by atoms with Gasteiger partial charge < -0.3 is 4.57 Å². The molecule has 26 heavy (non-hydrogen) atoms. The maximum Gasteiger partial charge on any atom is 0.279 e. The van der Waals surface area contributed by atoms with Crippen LogP contribution in [0.25, 0.3) is 11.3 Å². The van der Waals surface area contributed by atoms with Gasteiger partial charge in [-0.05, 0) is 61.4 Å². The highest BCUT2D eigenvalue weighted by molar-refractivity contribution is 7.09. The topological polar surface area (TPSA) is 34.4 Å². The van der Waals surface area contributed by atoms with Crippen molar-refractivity contribution >= 4 is 28.8 Å². The highest BCUT2D eigenvalue weighted by Gasteiger charge is 2.15. The molecule has 0 radical (unpaired) electrons. The molecule has 0 unspecified atom stereocenters. The molecule has 6 heteroatoms. The van der Waals surface area contributed by atoms with Crippen LogP contribution in [0, 0.1) is 5.82 Å². The van der Waals surface area contributed by atoms with Crippen LogP contribution >= 0.6 is 22.9 Å². The smallest absolute Gasteiger partial charge is 0.279 e. The third-order valence-electron chi connectivity index (χ3n) is 4.00. The van der Waals surface area contributed by atoms with Crippen molar-refractivity contribution in [3.05, 3.63) is 74.6 Å². The van der Waals surface area contributed by atoms with Crippen molar-refractivity contribution < 1.29 is 9.18 Å². The van der Waals surface area contributed by atoms with E-state index < -0.39 is 0 Å². The first-order valence-electron chi connectivity index (χ1n) is 8.36. The second kappa shape index (κ2) is 7.98. The number of benzene rings is 2. The number of halogens is 2. The number of carbonyl (C=O) groups is 1. The molecule has 1 aromatic heterocycles. The Balaban J connectivity index is 2.13. The van der Waals surface area contributed by atoms with Crippen LogP contribution in [0.3, 0.4) is 0 Å². The van der Waals surface area contributed by atoms with Crippen LogP contribution in [0.2, 0.25) is 5.02 Å². The van der Waals surface area contributed by atoms with E-state index in [0.29, 0.717) is 21.9 Å². The second-order valence-corrected chi connectivity index (χ2v) is 7.19. The molecule has 0 fully saturated rings. The molecule has 0 aliphatic heterocycles. The molecule has 3 nitrogen and oxygen atoms in total. The van der Waals surface area contributed by atoms with Gasteiger partial charge in [0, 0.05) is 22.0 Å². The van der Waals surface area contributed by atoms with E-state index in [1.165, 1.54) is 23.5 Å². The number of hydrogen-bond donors (Lipinski definition) is 0. The molecule has 3 rings (SSSR count). The number of nitrogens with zero attached hydrogens (tertiary/aromatic N) is 2. The van der Waals surface area contributed by atoms with E-state index in [4.69, 9.17) is 11.6 Å². The molecular weight excluding hydrogens is 371 g/mol. The van der Waals surface area contributed by atoms with Crippen LogP contribution in [0.4, 0.5) is 4.39 Å². The predicted octanol–water partition coefficient (Wildman–Crippen LogP) is 5.33. The summed E-state index contributed by atoms with van der Waals surface area (Å²) < 4.78 is 15.3. The lowest BCUT2D eigenvalue weighted by Crippen LogP contribution is -2.17. The number of rotatable bonds is 4. The van der Waals surface area contributed by atoms with Gasteiger partial charge in [-0.15, -0.1) is 11.3 Å². The minimum atomic E-state index is -0.329. The van der Waals surface area contributed by atoms with Gasteiger partial charge in [0.05, 0.1) is 5.69 Å². The fourth-order valence-electron chi connectivity index (χ4n) is 2.77. The molecule has 0 N–H and O–H groups in total. The van der Waals surface area contributed by atoms with Crippen LogP contribution in [0.15, 0.2) is 53.5 Å². The Hall–Kier alpha value is -2.24. The highest BCUT2D eigenvalue weighted by atomic mass is 35.5. The summed E-state index contributed by atoms with van der Waals surface area (Å²) in [5.41, 5.74) is 2.35. The van der Waals surface area contributed by atoms with Crippen molar-refractivity contribution in [3.63, 3.8) is 0 Å². The van der Waals surface area contributed by atoms with E-state index in [1.807, 2.05) is 11.5 Å². The van der Waals surface area contributed by atoms with Crippen LogP contribution in [-0.4, -0.2) is 10.5 Å². The number of carbonyl (C=O) groups excluding carboxylic acids is 1. The van der Waals surface area contributed by atoms with Crippen LogP contribution in [0.5, 0.6) is 0 Å². The Morgan fingerprint density at radius 3 is 2.54 bits per heavy atom. The van der Waals surface area contributed by atoms with Gasteiger partial charge in [-0.3, -0.25) is 4.79 Å². The average molecular weight is 389 g/mol. The van der Waals surface area contributed by atoms with Crippen molar-refractivity contribution in [3.8, 4) is 11.3 Å². The van der Waals surface area contributed by atoms with Crippen molar-refractivity contribution in [2.75, 3.05) is 0 Å². The summed E-state index contributed by atoms with van der Waals surface area (Å²) in [4.78, 5) is 18.6. The van der Waals surface area contributed by atoms with E-state index in [1.54, 1.807) is 36.4 Å². The predicted molar refractivity (Wildman–Crippen MR) is 104 cm³/mol. The van der Waals surface area contributed by atoms with Gasteiger partial charge in [-0.25, -0.2) is 4.39 Å². The molecule has 2 aromatic carbocycles. The lowest BCUT2D eigenvalue weighted by molar-refractivity contribution is 0.0998. The van der Waals surface area contributed by atoms with Gasteiger partial charge in [0.25, 0.3) is 5.91 Å². The fourth-order valence-corrected chi connectivity index (χ4v) is 4.11. The zero-order valence-corrected chi connectivity index (χ0v) is 16.1. The number of amides is 1. The molecular formula is C20H18ClFN2OS. The zero-order valence-electron chi connectivity index (χ0n) is 14.5. The van der Waals surface area contributed by atoms with E-state index in [-0.39, 0.29) is 11.7 Å². The minimum absolute atomic E-state index is 0.272. The third kappa shape index (κ3) is 3.79. The number of aryl methyl sites for hydroxylation is 1. The largest absolute Gasteiger partial charge is 0.316 e. The molecule has 134 valence electrons. The van der Waals surface area contributed by atoms with Crippen LogP contribution in [-0.2, 0) is 13.0 Å². The molecule has 0 aliphatic carbocycles. The second-order valence-electron chi connectivity index (χ2n) is 5.69. The van der Waals surface area contributed by atoms with E-state index in [9.17, 15) is 9.18 Å². The quantitative estimate of drug-likeness (QED) is 0.594. The first kappa shape index (κ1) is 18.5. The zero-order chi connectivity index (χ0) is 18.7. The molecule has 1 amide bonds. The Bertz CT molecular complexity index is 1010. The summed E-state index contributed by atoms with van der Waals surface area (Å²) in [6.45, 7) is 4.72. The van der Waals surface area contributed by atoms with Crippen molar-refractivity contribution in [1.29, 1.82) is 0 Å². The monoisotopic (exact) mass is 388 g/mol. The summed E-state index contributed by atoms with van der Waals surface area (Å²) in [5.74, 6) is -0.601. The molecule has 0 aliphatic rings. The van der Waals surface area contributed by atoms with E-state index >= 15 is 0 Å². The normalized spacial score (nSPS) is 11.8. The lowest BCUT2D eigenvalue weighted by atomic mass is 10.1. The van der Waals surface area contributed by atoms with Gasteiger partial charge in [0.2, 0.25) is 0 Å². The van der Waals surface area contributed by atoms with Crippen LogP contribution < -0.4 is 4.80 Å². The Morgan fingerprint density at radius 1 is 1.19 bits per heavy atom. The minimum Gasteiger partial charge on any atom is -0.316 e. The molecule has 0 atom stereocenters. The Morgan fingerprint density at radius 2 is 1.92 bits per heavy atom. The highest BCUT2D eigenvalue weighted by Crippen LogP contribution is 2.27. The van der Waals surface area contributed by atoms with E-state index in [2.05, 4.69) is 11.9 Å². The number of thiazole rings is 1. The fraction of sp³-hybridized carbons (Fsp3) is 0.200. The maximum atomic E-state index is 13.3. The molecule has 0 saturated heterocycles. The standard InChI is InChI=1S/C20H18ClFN2OS/c1-3-17-18(13-8-10-16(22)11-9-13)24(4-2)20(26-17)23-19(25)14-6-5-7-15(21)12-14/h5-12H,3-4H2,1-2H3. The van der Waals surface area contributed by atoms with Gasteiger partial charge in [-0.1, -0.05) is 24.6 Å². The SMILES string of the molecule is CCc1sc(=NC(=O)c2cccc(Cl)c2)n(CC)c1-c1ccc(F)cc1. The van der Waals surface area contributed by atoms with Crippen molar-refractivity contribution in [1.82, 2.24) is 4.57 Å². The first-order chi connectivity index (χ1) is 12.5. The summed E-state index contributed by atoms with van der Waals surface area (Å²) >= 11 is 7.45. The summed E-state index contributed by atoms with van der Waals surface area (Å²) in [6, 6.07) is 13.2. The van der Waals surface area contributed by atoms with Gasteiger partial charge in [-0.2, -0.15) is 4.99 Å². The molecule has 0 bridgehead atoms. The molecule has 0 saturated carbocycles.